The number of nitrogen functional groups attached to an aromatic ring is 1. The summed E-state index contributed by atoms with van der Waals surface area (Å²) in [6, 6.07) is 2.81. The Hall–Kier alpha value is -4.10. The monoisotopic (exact) mass is 549 g/mol. The third kappa shape index (κ3) is 5.73. The molecule has 4 rings (SSSR count). The number of alkyl halides is 3. The summed E-state index contributed by atoms with van der Waals surface area (Å²) in [7, 11) is 1.56. The van der Waals surface area contributed by atoms with E-state index in [1.165, 1.54) is 24.7 Å². The summed E-state index contributed by atoms with van der Waals surface area (Å²) in [5, 5.41) is 9.46. The molecule has 1 aromatic carbocycles. The van der Waals surface area contributed by atoms with Gasteiger partial charge in [0, 0.05) is 31.0 Å². The number of benzene rings is 1. The van der Waals surface area contributed by atoms with Crippen molar-refractivity contribution in [2.45, 2.75) is 19.0 Å². The number of methoxy groups -OCH3 is 1. The molecule has 4 aromatic rings. The van der Waals surface area contributed by atoms with E-state index >= 15 is 4.39 Å². The molecular formula is C24H20ClF4N7O2. The van der Waals surface area contributed by atoms with Crippen molar-refractivity contribution in [1.29, 1.82) is 0 Å². The fraction of sp³-hybridized carbons (Fsp3) is 0.208. The quantitative estimate of drug-likeness (QED) is 0.236. The van der Waals surface area contributed by atoms with Crippen molar-refractivity contribution in [2.75, 3.05) is 24.8 Å². The number of nitrogens with zero attached hydrogens (tertiary/aromatic N) is 5. The molecule has 9 nitrogen and oxygen atoms in total. The molecule has 0 aliphatic heterocycles. The van der Waals surface area contributed by atoms with Crippen LogP contribution in [0.5, 0.6) is 0 Å². The predicted molar refractivity (Wildman–Crippen MR) is 131 cm³/mol. The van der Waals surface area contributed by atoms with Gasteiger partial charge in [-0.2, -0.15) is 23.4 Å². The van der Waals surface area contributed by atoms with E-state index in [0.29, 0.717) is 41.4 Å². The molecule has 0 fully saturated rings. The smallest absolute Gasteiger partial charge is 0.397 e. The lowest BCUT2D eigenvalue weighted by atomic mass is 9.95. The Labute approximate surface area is 218 Å². The van der Waals surface area contributed by atoms with E-state index in [4.69, 9.17) is 22.1 Å². The lowest BCUT2D eigenvalue weighted by Crippen LogP contribution is -2.17. The van der Waals surface area contributed by atoms with Crippen LogP contribution in [0.3, 0.4) is 0 Å². The van der Waals surface area contributed by atoms with Gasteiger partial charge in [0.25, 0.3) is 5.91 Å². The zero-order valence-corrected chi connectivity index (χ0v) is 20.5. The minimum Gasteiger partial charge on any atom is -0.397 e. The molecule has 14 heteroatoms. The van der Waals surface area contributed by atoms with Crippen LogP contribution >= 0.6 is 11.6 Å². The van der Waals surface area contributed by atoms with Crippen LogP contribution in [-0.2, 0) is 17.3 Å². The standard InChI is InChI=1S/C24H20ClF4N7O2/c1-38-6-2-3-13-10-31-12-20(30)21(13)16-8-18(25)15(9-19(16)26)23(37)35-14-7-17(24(27,28)29)22(32-11-14)36-33-4-5-34-36/h4-5,7-12H,2-3,6,30H2,1H3,(H,35,37). The summed E-state index contributed by atoms with van der Waals surface area (Å²) < 4.78 is 61.3. The normalized spacial score (nSPS) is 11.5. The summed E-state index contributed by atoms with van der Waals surface area (Å²) in [4.78, 5) is 21.4. The first-order chi connectivity index (χ1) is 18.1. The molecule has 198 valence electrons. The summed E-state index contributed by atoms with van der Waals surface area (Å²) >= 11 is 6.32. The van der Waals surface area contributed by atoms with Crippen LogP contribution in [0, 0.1) is 5.82 Å². The number of anilines is 2. The molecule has 3 heterocycles. The number of nitrogens with one attached hydrogen (secondary N) is 1. The van der Waals surface area contributed by atoms with Crippen molar-refractivity contribution in [1.82, 2.24) is 25.0 Å². The van der Waals surface area contributed by atoms with Crippen molar-refractivity contribution < 1.29 is 27.1 Å². The Morgan fingerprint density at radius 3 is 2.58 bits per heavy atom. The van der Waals surface area contributed by atoms with E-state index in [2.05, 4.69) is 25.5 Å². The molecular weight excluding hydrogens is 530 g/mol. The van der Waals surface area contributed by atoms with E-state index in [0.717, 1.165) is 12.3 Å². The maximum absolute atomic E-state index is 15.3. The summed E-state index contributed by atoms with van der Waals surface area (Å²) in [5.41, 5.74) is 5.60. The fourth-order valence-electron chi connectivity index (χ4n) is 3.78. The van der Waals surface area contributed by atoms with Gasteiger partial charge in [-0.05, 0) is 36.6 Å². The lowest BCUT2D eigenvalue weighted by molar-refractivity contribution is -0.137. The van der Waals surface area contributed by atoms with Gasteiger partial charge in [0.05, 0.1) is 46.7 Å². The van der Waals surface area contributed by atoms with Crippen LogP contribution in [0.15, 0.2) is 49.2 Å². The molecule has 1 amide bonds. The summed E-state index contributed by atoms with van der Waals surface area (Å²) in [5.74, 6) is -2.33. The van der Waals surface area contributed by atoms with Gasteiger partial charge < -0.3 is 15.8 Å². The van der Waals surface area contributed by atoms with Gasteiger partial charge >= 0.3 is 6.18 Å². The van der Waals surface area contributed by atoms with Gasteiger partial charge in [-0.1, -0.05) is 11.6 Å². The van der Waals surface area contributed by atoms with Crippen molar-refractivity contribution in [2.24, 2.45) is 0 Å². The number of carbonyl (C=O) groups is 1. The summed E-state index contributed by atoms with van der Waals surface area (Å²) in [6.07, 6.45) is 2.62. The lowest BCUT2D eigenvalue weighted by Gasteiger charge is -2.15. The van der Waals surface area contributed by atoms with Gasteiger partial charge in [-0.15, -0.1) is 4.80 Å². The highest BCUT2D eigenvalue weighted by Gasteiger charge is 2.36. The molecule has 0 atom stereocenters. The van der Waals surface area contributed by atoms with E-state index in [-0.39, 0.29) is 27.5 Å². The molecule has 0 spiro atoms. The van der Waals surface area contributed by atoms with Crippen molar-refractivity contribution in [3.05, 3.63) is 76.7 Å². The van der Waals surface area contributed by atoms with E-state index in [9.17, 15) is 18.0 Å². The van der Waals surface area contributed by atoms with Gasteiger partial charge in [0.15, 0.2) is 5.82 Å². The van der Waals surface area contributed by atoms with Crippen LogP contribution in [-0.4, -0.2) is 44.6 Å². The average molecular weight is 550 g/mol. The number of carbonyl (C=O) groups excluding carboxylic acids is 1. The number of ether oxygens (including phenoxy) is 1. The maximum atomic E-state index is 15.3. The first kappa shape index (κ1) is 26.9. The molecule has 38 heavy (non-hydrogen) atoms. The van der Waals surface area contributed by atoms with Crippen LogP contribution in [0.25, 0.3) is 16.9 Å². The van der Waals surface area contributed by atoms with E-state index < -0.39 is 29.3 Å². The van der Waals surface area contributed by atoms with Crippen LogP contribution < -0.4 is 11.1 Å². The minimum atomic E-state index is -4.83. The van der Waals surface area contributed by atoms with Gasteiger partial charge in [0.1, 0.15) is 11.4 Å². The largest absolute Gasteiger partial charge is 0.420 e. The second kappa shape index (κ2) is 11.1. The Kier molecular flexibility index (Phi) is 7.88. The second-order valence-electron chi connectivity index (χ2n) is 8.04. The first-order valence-electron chi connectivity index (χ1n) is 11.1. The number of hydrogen-bond donors (Lipinski definition) is 2. The van der Waals surface area contributed by atoms with Crippen LogP contribution in [0.4, 0.5) is 28.9 Å². The number of amides is 1. The molecule has 3 N–H and O–H groups in total. The molecule has 0 radical (unpaired) electrons. The molecule has 0 saturated carbocycles. The third-order valence-corrected chi connectivity index (χ3v) is 5.77. The van der Waals surface area contributed by atoms with Gasteiger partial charge in [-0.3, -0.25) is 9.78 Å². The highest BCUT2D eigenvalue weighted by Crippen LogP contribution is 2.36. The third-order valence-electron chi connectivity index (χ3n) is 5.46. The number of pyridine rings is 2. The average Bonchev–Trinajstić information content (AvgIpc) is 3.40. The number of hydrogen-bond acceptors (Lipinski definition) is 7. The highest BCUT2D eigenvalue weighted by molar-refractivity contribution is 6.34. The molecule has 0 unspecified atom stereocenters. The Morgan fingerprint density at radius 2 is 1.89 bits per heavy atom. The second-order valence-corrected chi connectivity index (χ2v) is 8.44. The molecule has 0 saturated heterocycles. The molecule has 0 bridgehead atoms. The van der Waals surface area contributed by atoms with E-state index in [1.54, 1.807) is 13.3 Å². The Bertz CT molecular complexity index is 1460. The zero-order valence-electron chi connectivity index (χ0n) is 19.8. The first-order valence-corrected chi connectivity index (χ1v) is 11.4. The van der Waals surface area contributed by atoms with Crippen LogP contribution in [0.2, 0.25) is 5.02 Å². The highest BCUT2D eigenvalue weighted by atomic mass is 35.5. The number of rotatable bonds is 8. The Morgan fingerprint density at radius 1 is 1.16 bits per heavy atom. The van der Waals surface area contributed by atoms with Crippen molar-refractivity contribution in [3.8, 4) is 16.9 Å². The topological polar surface area (TPSA) is 121 Å². The predicted octanol–water partition coefficient (Wildman–Crippen LogP) is 4.95. The zero-order chi connectivity index (χ0) is 27.4. The van der Waals surface area contributed by atoms with Crippen molar-refractivity contribution in [3.63, 3.8) is 0 Å². The minimum absolute atomic E-state index is 0.0518. The fourth-order valence-corrected chi connectivity index (χ4v) is 4.03. The number of aromatic nitrogens is 5. The Balaban J connectivity index is 1.65. The van der Waals surface area contributed by atoms with Gasteiger partial charge in [-0.25, -0.2) is 9.37 Å². The molecule has 0 aliphatic rings. The summed E-state index contributed by atoms with van der Waals surface area (Å²) in [6.45, 7) is 0.473. The molecule has 0 aliphatic carbocycles. The van der Waals surface area contributed by atoms with Crippen molar-refractivity contribution >= 4 is 28.9 Å². The maximum Gasteiger partial charge on any atom is 0.420 e. The van der Waals surface area contributed by atoms with E-state index in [1.807, 2.05) is 0 Å². The number of nitrogens with two attached hydrogens (primary N) is 1. The number of halogens is 5. The number of aryl methyl sites for hydroxylation is 1. The molecule has 3 aromatic heterocycles. The van der Waals surface area contributed by atoms with Crippen LogP contribution in [0.1, 0.15) is 27.9 Å². The van der Waals surface area contributed by atoms with Gasteiger partial charge in [0.2, 0.25) is 0 Å². The SMILES string of the molecule is COCCCc1cncc(N)c1-c1cc(Cl)c(C(=O)Nc2cnc(-n3nccn3)c(C(F)(F)F)c2)cc1F.